The largest absolute Gasteiger partial charge is 0.0622 e. The van der Waals surface area contributed by atoms with E-state index in [0.29, 0.717) is 0 Å². The van der Waals surface area contributed by atoms with E-state index < -0.39 is 0 Å². The minimum Gasteiger partial charge on any atom is -0.0622 e. The molecule has 274 valence electrons. The normalized spacial score (nSPS) is 13.4. The molecule has 58 heavy (non-hydrogen) atoms. The summed E-state index contributed by atoms with van der Waals surface area (Å²) in [6.07, 6.45) is 0. The van der Waals surface area contributed by atoms with Gasteiger partial charge in [0.2, 0.25) is 0 Å². The molecule has 10 aromatic carbocycles. The Kier molecular flexibility index (Phi) is 8.02. The summed E-state index contributed by atoms with van der Waals surface area (Å²) < 4.78 is 0. The smallest absolute Gasteiger partial charge is 0.0346 e. The van der Waals surface area contributed by atoms with Crippen molar-refractivity contribution in [3.8, 4) is 44.5 Å². The predicted molar refractivity (Wildman–Crippen MR) is 247 cm³/mol. The third-order valence-electron chi connectivity index (χ3n) is 12.8. The molecule has 11 rings (SSSR count). The molecule has 10 aromatic rings. The van der Waals surface area contributed by atoms with Gasteiger partial charge in [0.25, 0.3) is 0 Å². The van der Waals surface area contributed by atoms with E-state index in [1.54, 1.807) is 0 Å². The Hall–Kier alpha value is -7.02. The zero-order valence-electron chi connectivity index (χ0n) is 32.8. The number of rotatable bonds is 6. The first kappa shape index (κ1) is 34.2. The third kappa shape index (κ3) is 5.44. The molecule has 0 saturated carbocycles. The van der Waals surface area contributed by atoms with Gasteiger partial charge in [-0.25, -0.2) is 0 Å². The fourth-order valence-electron chi connectivity index (χ4n) is 10.0. The maximum Gasteiger partial charge on any atom is 0.0346 e. The first-order chi connectivity index (χ1) is 28.5. The lowest BCUT2D eigenvalue weighted by Gasteiger charge is -2.28. The summed E-state index contributed by atoms with van der Waals surface area (Å²) in [5.74, 6) is -0.0706. The molecule has 1 atom stereocenters. The highest BCUT2D eigenvalue weighted by molar-refractivity contribution is 6.15. The minimum absolute atomic E-state index is 0.0706. The van der Waals surface area contributed by atoms with Crippen molar-refractivity contribution in [3.05, 3.63) is 240 Å². The van der Waals surface area contributed by atoms with Gasteiger partial charge in [-0.1, -0.05) is 214 Å². The van der Waals surface area contributed by atoms with Crippen LogP contribution in [0.3, 0.4) is 0 Å². The second-order valence-electron chi connectivity index (χ2n) is 16.4. The fraction of sp³-hybridized carbons (Fsp3) is 0.0690. The summed E-state index contributed by atoms with van der Waals surface area (Å²) in [4.78, 5) is 0. The average molecular weight is 739 g/mol. The zero-order chi connectivity index (χ0) is 38.8. The maximum atomic E-state index is 2.53. The number of hydrogen-bond acceptors (Lipinski definition) is 0. The van der Waals surface area contributed by atoms with Gasteiger partial charge in [0.05, 0.1) is 0 Å². The van der Waals surface area contributed by atoms with Crippen LogP contribution in [-0.2, 0) is 5.41 Å². The van der Waals surface area contributed by atoms with Crippen molar-refractivity contribution >= 4 is 32.3 Å². The van der Waals surface area contributed by atoms with E-state index in [0.717, 1.165) is 0 Å². The van der Waals surface area contributed by atoms with Gasteiger partial charge in [-0.2, -0.15) is 0 Å². The predicted octanol–water partition coefficient (Wildman–Crippen LogP) is 15.6. The molecule has 0 heteroatoms. The molecule has 0 bridgehead atoms. The van der Waals surface area contributed by atoms with Gasteiger partial charge in [0, 0.05) is 11.3 Å². The molecule has 0 N–H and O–H groups in total. The number of benzene rings is 10. The van der Waals surface area contributed by atoms with Crippen LogP contribution in [0.2, 0.25) is 0 Å². The molecule has 0 nitrogen and oxygen atoms in total. The van der Waals surface area contributed by atoms with Gasteiger partial charge in [-0.05, 0) is 117 Å². The monoisotopic (exact) mass is 738 g/mol. The molecule has 1 unspecified atom stereocenters. The van der Waals surface area contributed by atoms with Crippen molar-refractivity contribution in [2.45, 2.75) is 25.2 Å². The molecular weight excluding hydrogens is 697 g/mol. The van der Waals surface area contributed by atoms with Crippen LogP contribution in [0.25, 0.3) is 76.8 Å². The van der Waals surface area contributed by atoms with Crippen LogP contribution >= 0.6 is 0 Å². The van der Waals surface area contributed by atoms with Crippen LogP contribution in [0.15, 0.2) is 212 Å². The molecule has 1 aliphatic rings. The zero-order valence-corrected chi connectivity index (χ0v) is 32.8. The van der Waals surface area contributed by atoms with Crippen LogP contribution < -0.4 is 0 Å². The standard InChI is InChI=1S/C58H42/c1-58(2)54-31-16-15-28-48(54)49-33-32-42(37-55(49)58)56(43-34-40-22-9-12-25-45(40)52(36-43)38-18-5-3-6-19-38)51-30-17-29-50(57(51)39-20-7-4-8-21-39)53-35-41-23-10-11-24-44(41)46-26-13-14-27-47(46)53/h3-37,56H,1-2H3. The molecule has 0 spiro atoms. The van der Waals surface area contributed by atoms with E-state index in [1.165, 1.54) is 105 Å². The Morgan fingerprint density at radius 1 is 0.328 bits per heavy atom. The van der Waals surface area contributed by atoms with Crippen LogP contribution in [-0.4, -0.2) is 0 Å². The summed E-state index contributed by atoms with van der Waals surface area (Å²) in [6, 6.07) is 79.3. The average Bonchev–Trinajstić information content (AvgIpc) is 3.51. The second-order valence-corrected chi connectivity index (χ2v) is 16.4. The van der Waals surface area contributed by atoms with Crippen LogP contribution in [0.5, 0.6) is 0 Å². The van der Waals surface area contributed by atoms with Crippen molar-refractivity contribution in [2.75, 3.05) is 0 Å². The minimum atomic E-state index is -0.126. The van der Waals surface area contributed by atoms with Gasteiger partial charge in [0.1, 0.15) is 0 Å². The maximum absolute atomic E-state index is 2.53. The molecule has 0 heterocycles. The molecule has 0 fully saturated rings. The Labute approximate surface area is 340 Å². The lowest BCUT2D eigenvalue weighted by atomic mass is 9.75. The molecule has 0 aliphatic heterocycles. The first-order valence-electron chi connectivity index (χ1n) is 20.5. The summed E-state index contributed by atoms with van der Waals surface area (Å²) in [7, 11) is 0. The molecule has 0 saturated heterocycles. The molecule has 0 radical (unpaired) electrons. The molecule has 0 amide bonds. The van der Waals surface area contributed by atoms with Gasteiger partial charge >= 0.3 is 0 Å². The van der Waals surface area contributed by atoms with Gasteiger partial charge < -0.3 is 0 Å². The highest BCUT2D eigenvalue weighted by Crippen LogP contribution is 2.52. The number of fused-ring (bicyclic) bond motifs is 7. The summed E-state index contributed by atoms with van der Waals surface area (Å²) in [6.45, 7) is 4.78. The van der Waals surface area contributed by atoms with Crippen LogP contribution in [0.1, 0.15) is 47.6 Å². The highest BCUT2D eigenvalue weighted by Gasteiger charge is 2.36. The Balaban J connectivity index is 1.24. The Morgan fingerprint density at radius 3 is 1.69 bits per heavy atom. The van der Waals surface area contributed by atoms with Gasteiger partial charge in [-0.3, -0.25) is 0 Å². The summed E-state index contributed by atoms with van der Waals surface area (Å²) in [5, 5.41) is 7.58. The van der Waals surface area contributed by atoms with Gasteiger partial charge in [-0.15, -0.1) is 0 Å². The van der Waals surface area contributed by atoms with Crippen molar-refractivity contribution < 1.29 is 0 Å². The molecular formula is C58H42. The summed E-state index contributed by atoms with van der Waals surface area (Å²) in [5.41, 5.74) is 16.7. The molecule has 0 aromatic heterocycles. The quantitative estimate of drug-likeness (QED) is 0.118. The highest BCUT2D eigenvalue weighted by atomic mass is 14.4. The summed E-state index contributed by atoms with van der Waals surface area (Å²) >= 11 is 0. The SMILES string of the molecule is CC1(C)c2ccccc2-c2ccc(C(c3cc(-c4ccccc4)c4ccccc4c3)c3cccc(-c4cc5ccccc5c5ccccc45)c3-c3ccccc3)cc21. The van der Waals surface area contributed by atoms with Crippen molar-refractivity contribution in [1.82, 2.24) is 0 Å². The Bertz CT molecular complexity index is 3190. The van der Waals surface area contributed by atoms with Crippen LogP contribution in [0.4, 0.5) is 0 Å². The van der Waals surface area contributed by atoms with Crippen molar-refractivity contribution in [1.29, 1.82) is 0 Å². The van der Waals surface area contributed by atoms with E-state index in [1.807, 2.05) is 0 Å². The van der Waals surface area contributed by atoms with Crippen LogP contribution in [0, 0.1) is 0 Å². The van der Waals surface area contributed by atoms with Crippen molar-refractivity contribution in [2.24, 2.45) is 0 Å². The third-order valence-corrected chi connectivity index (χ3v) is 12.8. The number of hydrogen-bond donors (Lipinski definition) is 0. The van der Waals surface area contributed by atoms with Gasteiger partial charge in [0.15, 0.2) is 0 Å². The van der Waals surface area contributed by atoms with E-state index in [9.17, 15) is 0 Å². The lowest BCUT2D eigenvalue weighted by Crippen LogP contribution is -2.16. The van der Waals surface area contributed by atoms with E-state index >= 15 is 0 Å². The lowest BCUT2D eigenvalue weighted by molar-refractivity contribution is 0.659. The molecule has 1 aliphatic carbocycles. The second kappa shape index (κ2) is 13.6. The van der Waals surface area contributed by atoms with E-state index in [4.69, 9.17) is 0 Å². The Morgan fingerprint density at radius 2 is 0.914 bits per heavy atom. The van der Waals surface area contributed by atoms with E-state index in [2.05, 4.69) is 226 Å². The first-order valence-corrected chi connectivity index (χ1v) is 20.5. The fourth-order valence-corrected chi connectivity index (χ4v) is 10.0. The van der Waals surface area contributed by atoms with E-state index in [-0.39, 0.29) is 11.3 Å². The topological polar surface area (TPSA) is 0 Å². The van der Waals surface area contributed by atoms with Crippen molar-refractivity contribution in [3.63, 3.8) is 0 Å².